The molecule has 0 aliphatic carbocycles. The lowest BCUT2D eigenvalue weighted by molar-refractivity contribution is -0.117. The molecule has 0 saturated carbocycles. The summed E-state index contributed by atoms with van der Waals surface area (Å²) in [5.74, 6) is -0.251. The summed E-state index contributed by atoms with van der Waals surface area (Å²) in [6.45, 7) is 0. The number of halogens is 2. The second kappa shape index (κ2) is 8.20. The molecule has 158 valence electrons. The number of sulfone groups is 1. The summed E-state index contributed by atoms with van der Waals surface area (Å²) < 4.78 is 42.6. The molecule has 2 fully saturated rings. The highest BCUT2D eigenvalue weighted by Crippen LogP contribution is 2.42. The van der Waals surface area contributed by atoms with Crippen molar-refractivity contribution < 1.29 is 22.3 Å². The van der Waals surface area contributed by atoms with Crippen LogP contribution < -0.4 is 9.64 Å². The Morgan fingerprint density at radius 3 is 2.67 bits per heavy atom. The van der Waals surface area contributed by atoms with Gasteiger partial charge in [0.2, 0.25) is 0 Å². The number of hydrogen-bond acceptors (Lipinski definition) is 5. The van der Waals surface area contributed by atoms with Crippen molar-refractivity contribution in [3.8, 4) is 5.75 Å². The molecule has 10 heteroatoms. The lowest BCUT2D eigenvalue weighted by atomic mass is 10.1. The lowest BCUT2D eigenvalue weighted by Gasteiger charge is -2.25. The third-order valence-corrected chi connectivity index (χ3v) is 8.47. The number of nitrogens with zero attached hydrogens (tertiary/aromatic N) is 2. The maximum atomic E-state index is 13.1. The number of benzene rings is 2. The van der Waals surface area contributed by atoms with E-state index in [0.29, 0.717) is 27.2 Å². The molecule has 0 bridgehead atoms. The van der Waals surface area contributed by atoms with Gasteiger partial charge in [0.1, 0.15) is 11.6 Å². The second-order valence-electron chi connectivity index (χ2n) is 7.08. The average Bonchev–Trinajstić information content (AvgIpc) is 3.14. The topological polar surface area (TPSA) is 76.0 Å². The van der Waals surface area contributed by atoms with E-state index < -0.39 is 15.7 Å². The van der Waals surface area contributed by atoms with Crippen LogP contribution in [0.5, 0.6) is 5.75 Å². The molecular weight excluding hydrogens is 451 g/mol. The molecule has 0 N–H and O–H groups in total. The van der Waals surface area contributed by atoms with Gasteiger partial charge in [-0.05, 0) is 35.9 Å². The lowest BCUT2D eigenvalue weighted by Crippen LogP contribution is -2.37. The van der Waals surface area contributed by atoms with Crippen molar-refractivity contribution in [1.29, 1.82) is 0 Å². The maximum absolute atomic E-state index is 13.1. The van der Waals surface area contributed by atoms with Gasteiger partial charge in [0, 0.05) is 10.9 Å². The zero-order chi connectivity index (χ0) is 21.5. The maximum Gasteiger partial charge on any atom is 0.252 e. The predicted molar refractivity (Wildman–Crippen MR) is 117 cm³/mol. The van der Waals surface area contributed by atoms with Crippen LogP contribution in [0.25, 0.3) is 0 Å². The molecule has 2 atom stereocenters. The third kappa shape index (κ3) is 4.33. The van der Waals surface area contributed by atoms with E-state index in [-0.39, 0.29) is 35.0 Å². The SMILES string of the molecule is COc1ccc(N2C(=NC(=O)Cc3ccc(F)cc3)S[C@H]3CS(=O)(=O)C[C@H]32)cc1Cl. The summed E-state index contributed by atoms with van der Waals surface area (Å²) in [5, 5.41) is 0.600. The van der Waals surface area contributed by atoms with E-state index in [1.165, 1.54) is 43.1 Å². The second-order valence-corrected chi connectivity index (χ2v) is 10.8. The van der Waals surface area contributed by atoms with Crippen LogP contribution in [0.15, 0.2) is 47.5 Å². The van der Waals surface area contributed by atoms with Gasteiger partial charge in [-0.1, -0.05) is 35.5 Å². The monoisotopic (exact) mass is 468 g/mol. The number of amides is 1. The Kier molecular flexibility index (Phi) is 5.78. The Bertz CT molecular complexity index is 1120. The minimum absolute atomic E-state index is 0.0144. The highest BCUT2D eigenvalue weighted by atomic mass is 35.5. The summed E-state index contributed by atoms with van der Waals surface area (Å²) in [6, 6.07) is 10.5. The molecule has 2 aliphatic rings. The Hall–Kier alpha value is -2.10. The normalized spacial score (nSPS) is 23.6. The molecule has 2 heterocycles. The molecule has 30 heavy (non-hydrogen) atoms. The van der Waals surface area contributed by atoms with Crippen LogP contribution in [-0.2, 0) is 21.1 Å². The Labute approximate surface area is 183 Å². The number of anilines is 1. The van der Waals surface area contributed by atoms with Crippen LogP contribution in [-0.4, -0.2) is 49.4 Å². The predicted octanol–water partition coefficient (Wildman–Crippen LogP) is 3.33. The van der Waals surface area contributed by atoms with Gasteiger partial charge in [-0.25, -0.2) is 12.8 Å². The number of carbonyl (C=O) groups excluding carboxylic acids is 1. The molecule has 0 radical (unpaired) electrons. The van der Waals surface area contributed by atoms with E-state index in [0.717, 1.165) is 0 Å². The molecule has 2 aromatic rings. The van der Waals surface area contributed by atoms with Crippen LogP contribution in [0, 0.1) is 5.82 Å². The molecule has 2 aromatic carbocycles. The van der Waals surface area contributed by atoms with Crippen molar-refractivity contribution in [1.82, 2.24) is 0 Å². The van der Waals surface area contributed by atoms with E-state index in [1.54, 1.807) is 23.1 Å². The zero-order valence-electron chi connectivity index (χ0n) is 15.9. The van der Waals surface area contributed by atoms with E-state index in [2.05, 4.69) is 4.99 Å². The van der Waals surface area contributed by atoms with Gasteiger partial charge in [0.05, 0.1) is 36.1 Å². The van der Waals surface area contributed by atoms with Crippen molar-refractivity contribution in [2.24, 2.45) is 4.99 Å². The Morgan fingerprint density at radius 1 is 1.27 bits per heavy atom. The van der Waals surface area contributed by atoms with E-state index >= 15 is 0 Å². The first-order chi connectivity index (χ1) is 14.3. The number of rotatable bonds is 4. The third-order valence-electron chi connectivity index (χ3n) is 4.97. The number of thioether (sulfide) groups is 1. The van der Waals surface area contributed by atoms with E-state index in [1.807, 2.05) is 0 Å². The number of hydrogen-bond donors (Lipinski definition) is 0. The van der Waals surface area contributed by atoms with Crippen LogP contribution in [0.3, 0.4) is 0 Å². The number of ether oxygens (including phenoxy) is 1. The van der Waals surface area contributed by atoms with Gasteiger partial charge in [-0.3, -0.25) is 4.79 Å². The minimum atomic E-state index is -3.17. The summed E-state index contributed by atoms with van der Waals surface area (Å²) in [5.41, 5.74) is 1.29. The fraction of sp³-hybridized carbons (Fsp3) is 0.300. The quantitative estimate of drug-likeness (QED) is 0.685. The summed E-state index contributed by atoms with van der Waals surface area (Å²) in [7, 11) is -1.66. The van der Waals surface area contributed by atoms with Gasteiger partial charge >= 0.3 is 0 Å². The first-order valence-corrected chi connectivity index (χ1v) is 12.2. The summed E-state index contributed by atoms with van der Waals surface area (Å²) in [4.78, 5) is 18.6. The van der Waals surface area contributed by atoms with Crippen LogP contribution >= 0.6 is 23.4 Å². The fourth-order valence-corrected chi connectivity index (χ4v) is 7.78. The highest BCUT2D eigenvalue weighted by Gasteiger charge is 2.49. The van der Waals surface area contributed by atoms with Crippen molar-refractivity contribution >= 4 is 50.0 Å². The molecule has 2 saturated heterocycles. The molecule has 1 amide bonds. The van der Waals surface area contributed by atoms with Crippen molar-refractivity contribution in [3.05, 3.63) is 58.9 Å². The Morgan fingerprint density at radius 2 is 2.00 bits per heavy atom. The van der Waals surface area contributed by atoms with Crippen LogP contribution in [0.4, 0.5) is 10.1 Å². The van der Waals surface area contributed by atoms with Gasteiger partial charge < -0.3 is 9.64 Å². The van der Waals surface area contributed by atoms with E-state index in [4.69, 9.17) is 16.3 Å². The molecule has 0 unspecified atom stereocenters. The van der Waals surface area contributed by atoms with Crippen molar-refractivity contribution in [3.63, 3.8) is 0 Å². The summed E-state index contributed by atoms with van der Waals surface area (Å²) in [6.07, 6.45) is 0.0230. The van der Waals surface area contributed by atoms with Gasteiger partial charge in [0.25, 0.3) is 5.91 Å². The minimum Gasteiger partial charge on any atom is -0.495 e. The molecule has 4 rings (SSSR count). The molecule has 0 aromatic heterocycles. The molecule has 2 aliphatic heterocycles. The fourth-order valence-electron chi connectivity index (χ4n) is 3.59. The van der Waals surface area contributed by atoms with E-state index in [9.17, 15) is 17.6 Å². The molecular formula is C20H18ClFN2O4S2. The van der Waals surface area contributed by atoms with Crippen LogP contribution in [0.1, 0.15) is 5.56 Å². The van der Waals surface area contributed by atoms with Gasteiger partial charge in [-0.15, -0.1) is 0 Å². The number of amidine groups is 1. The Balaban J connectivity index is 1.65. The molecule has 0 spiro atoms. The first-order valence-electron chi connectivity index (χ1n) is 9.11. The largest absolute Gasteiger partial charge is 0.495 e. The van der Waals surface area contributed by atoms with Gasteiger partial charge in [-0.2, -0.15) is 4.99 Å². The standard InChI is InChI=1S/C20H18ClFN2O4S2/c1-28-17-7-6-14(9-15(17)21)24-16-10-30(26,27)11-18(16)29-20(24)23-19(25)8-12-2-4-13(22)5-3-12/h2-7,9,16,18H,8,10-11H2,1H3/t16-,18+/m1/s1. The zero-order valence-corrected chi connectivity index (χ0v) is 18.3. The highest BCUT2D eigenvalue weighted by molar-refractivity contribution is 8.16. The van der Waals surface area contributed by atoms with Crippen molar-refractivity contribution in [2.75, 3.05) is 23.5 Å². The molecule has 6 nitrogen and oxygen atoms in total. The average molecular weight is 469 g/mol. The van der Waals surface area contributed by atoms with Crippen LogP contribution in [0.2, 0.25) is 5.02 Å². The number of aliphatic imine (C=N–C) groups is 1. The first kappa shape index (κ1) is 21.1. The van der Waals surface area contributed by atoms with Crippen molar-refractivity contribution in [2.45, 2.75) is 17.7 Å². The summed E-state index contributed by atoms with van der Waals surface area (Å²) >= 11 is 7.55. The number of methoxy groups -OCH3 is 1. The van der Waals surface area contributed by atoms with Gasteiger partial charge in [0.15, 0.2) is 15.0 Å². The number of carbonyl (C=O) groups is 1. The smallest absolute Gasteiger partial charge is 0.252 e. The number of fused-ring (bicyclic) bond motifs is 1.